The zero-order chi connectivity index (χ0) is 64.7. The molecule has 0 aliphatic carbocycles. The molecule has 488 valence electrons. The lowest BCUT2D eigenvalue weighted by molar-refractivity contribution is -0.143. The van der Waals surface area contributed by atoms with Crippen LogP contribution in [-0.4, -0.2) is 255 Å². The van der Waals surface area contributed by atoms with E-state index >= 15 is 0 Å². The molecule has 1 saturated heterocycles. The molecule has 0 spiro atoms. The smallest absolute Gasteiger partial charge is 0.326 e. The number of nitrogens with one attached hydrogen (secondary N) is 7. The monoisotopic (exact) mass is 1350 g/mol. The normalized spacial score (nSPS) is 15.1. The number of amides is 7. The van der Waals surface area contributed by atoms with Crippen LogP contribution in [0.2, 0.25) is 0 Å². The van der Waals surface area contributed by atoms with Gasteiger partial charge in [0.05, 0.1) is 26.2 Å². The maximum absolute atomic E-state index is 13.9. The average Bonchev–Trinajstić information content (AvgIpc) is 3.44. The van der Waals surface area contributed by atoms with E-state index in [0.29, 0.717) is 44.9 Å². The number of hydrogen-bond donors (Lipinski definition) is 14. The van der Waals surface area contributed by atoms with Gasteiger partial charge in [0.1, 0.15) is 24.2 Å². The Balaban J connectivity index is 2.02. The van der Waals surface area contributed by atoms with Gasteiger partial charge in [-0.1, -0.05) is 18.6 Å². The van der Waals surface area contributed by atoms with Gasteiger partial charge in [0.15, 0.2) is 0 Å². The Kier molecular flexibility index (Phi) is 37.8. The van der Waals surface area contributed by atoms with Crippen LogP contribution in [0.4, 0.5) is 4.79 Å². The number of urea groups is 1. The summed E-state index contributed by atoms with van der Waals surface area (Å²) in [5.41, 5.74) is 1.11. The van der Waals surface area contributed by atoms with Crippen LogP contribution in [0.25, 0.3) is 0 Å². The lowest BCUT2D eigenvalue weighted by Gasteiger charge is -2.33. The fourth-order valence-electron chi connectivity index (χ4n) is 9.03. The minimum atomic E-state index is -1.55. The summed E-state index contributed by atoms with van der Waals surface area (Å²) in [6.45, 7) is 0.00590. The van der Waals surface area contributed by atoms with E-state index in [4.69, 9.17) is 5.11 Å². The van der Waals surface area contributed by atoms with E-state index in [2.05, 4.69) is 54.5 Å². The maximum atomic E-state index is 13.9. The quantitative estimate of drug-likeness (QED) is 0.0283. The molecule has 4 unspecified atom stereocenters. The van der Waals surface area contributed by atoms with Gasteiger partial charge in [-0.25, -0.2) is 19.2 Å². The predicted molar refractivity (Wildman–Crippen MR) is 318 cm³/mol. The fourth-order valence-corrected chi connectivity index (χ4v) is 9.39. The first kappa shape index (κ1) is 75.8. The zero-order valence-corrected chi connectivity index (χ0v) is 51.0. The number of carboxylic acids is 7. The van der Waals surface area contributed by atoms with Gasteiger partial charge in [-0.3, -0.25) is 62.8 Å². The van der Waals surface area contributed by atoms with Crippen LogP contribution in [-0.2, 0) is 64.0 Å². The van der Waals surface area contributed by atoms with E-state index in [0.717, 1.165) is 15.6 Å². The molecule has 32 heteroatoms. The summed E-state index contributed by atoms with van der Waals surface area (Å²) in [4.78, 5) is 166. The van der Waals surface area contributed by atoms with Crippen molar-refractivity contribution in [3.05, 3.63) is 33.4 Å². The standard InChI is InChI=1S/C55H86IN11O20/c56-38-16-14-37(15-17-38)9-8-13-44(69)58-24-6-3-10-40(52(81)82)61-51(80)39(60-46(71)33-64-25-27-65(34-48(74)75)29-31-67(36-50(78)79)32-30-66(28-26-64)35-49(76)77)18-20-45(70)59-22-5-1-2-12-43(68)57-23-7-4-11-41(53(83)84)62-55(87)63-42(54(85)86)19-21-47(72)73/h14-17,39-42H,1-13,18-36H2,(H,57,68)(H,58,69)(H,59,70)(H,60,71)(H,61,80)(H,72,73)(H,74,75)(H,76,77)(H,78,79)(H,81,82)(H,83,84)(H,85,86)(H2,62,63,87). The van der Waals surface area contributed by atoms with Crippen molar-refractivity contribution in [3.63, 3.8) is 0 Å². The number of carboxylic acid groups (broad SMARTS) is 7. The van der Waals surface area contributed by atoms with Gasteiger partial charge in [-0.2, -0.15) is 0 Å². The first-order valence-corrected chi connectivity index (χ1v) is 30.0. The van der Waals surface area contributed by atoms with Crippen molar-refractivity contribution in [3.8, 4) is 0 Å². The van der Waals surface area contributed by atoms with Gasteiger partial charge >= 0.3 is 47.8 Å². The second-order valence-electron chi connectivity index (χ2n) is 21.0. The van der Waals surface area contributed by atoms with Crippen molar-refractivity contribution >= 4 is 99.9 Å². The third kappa shape index (κ3) is 37.1. The molecular weight excluding hydrogens is 1260 g/mol. The number of benzene rings is 1. The number of carbonyl (C=O) groups is 13. The summed E-state index contributed by atoms with van der Waals surface area (Å²) in [5.74, 6) is -11.5. The lowest BCUT2D eigenvalue weighted by Crippen LogP contribution is -2.54. The number of carbonyl (C=O) groups excluding carboxylic acids is 6. The maximum Gasteiger partial charge on any atom is 0.326 e. The third-order valence-electron chi connectivity index (χ3n) is 13.8. The van der Waals surface area contributed by atoms with Crippen molar-refractivity contribution in [1.29, 1.82) is 0 Å². The molecular formula is C55H86IN11O20. The van der Waals surface area contributed by atoms with Crippen molar-refractivity contribution in [2.24, 2.45) is 0 Å². The molecule has 1 heterocycles. The molecule has 0 bridgehead atoms. The van der Waals surface area contributed by atoms with E-state index < -0.39 is 116 Å². The second kappa shape index (κ2) is 43.3. The molecule has 1 aliphatic heterocycles. The molecule has 1 fully saturated rings. The number of aliphatic carboxylic acids is 7. The number of aryl methyl sites for hydroxylation is 1. The van der Waals surface area contributed by atoms with E-state index in [-0.39, 0.29) is 142 Å². The zero-order valence-electron chi connectivity index (χ0n) is 48.9. The number of hydrogen-bond acceptors (Lipinski definition) is 17. The second-order valence-corrected chi connectivity index (χ2v) is 22.3. The highest BCUT2D eigenvalue weighted by Crippen LogP contribution is 2.11. The van der Waals surface area contributed by atoms with Crippen molar-refractivity contribution < 1.29 is 98.1 Å². The fraction of sp³-hybridized carbons (Fsp3) is 0.655. The number of rotatable bonds is 42. The molecule has 7 amide bonds. The summed E-state index contributed by atoms with van der Waals surface area (Å²) in [5, 5.41) is 84.0. The van der Waals surface area contributed by atoms with Gasteiger partial charge < -0.3 is 73.0 Å². The highest BCUT2D eigenvalue weighted by Gasteiger charge is 2.29. The van der Waals surface area contributed by atoms with Crippen LogP contribution >= 0.6 is 22.6 Å². The molecule has 31 nitrogen and oxygen atoms in total. The van der Waals surface area contributed by atoms with E-state index in [1.54, 1.807) is 19.6 Å². The van der Waals surface area contributed by atoms with Crippen LogP contribution in [0.3, 0.4) is 0 Å². The molecule has 87 heavy (non-hydrogen) atoms. The first-order chi connectivity index (χ1) is 41.3. The topological polar surface area (TPSA) is 461 Å². The molecule has 2 rings (SSSR count). The van der Waals surface area contributed by atoms with Crippen molar-refractivity contribution in [1.82, 2.24) is 56.8 Å². The van der Waals surface area contributed by atoms with E-state index in [9.17, 15) is 93.0 Å². The van der Waals surface area contributed by atoms with Crippen LogP contribution < -0.4 is 37.2 Å². The van der Waals surface area contributed by atoms with E-state index in [1.165, 1.54) is 0 Å². The Bertz CT molecular complexity index is 2390. The van der Waals surface area contributed by atoms with Crippen LogP contribution in [0.1, 0.15) is 108 Å². The van der Waals surface area contributed by atoms with Gasteiger partial charge in [-0.15, -0.1) is 0 Å². The Hall–Kier alpha value is -7.30. The highest BCUT2D eigenvalue weighted by molar-refractivity contribution is 14.1. The van der Waals surface area contributed by atoms with Gasteiger partial charge in [-0.05, 0) is 117 Å². The van der Waals surface area contributed by atoms with Crippen LogP contribution in [0.5, 0.6) is 0 Å². The Morgan fingerprint density at radius 3 is 1.18 bits per heavy atom. The summed E-state index contributed by atoms with van der Waals surface area (Å²) >= 11 is 2.21. The first-order valence-electron chi connectivity index (χ1n) is 29.0. The van der Waals surface area contributed by atoms with Crippen molar-refractivity contribution in [2.45, 2.75) is 133 Å². The Morgan fingerprint density at radius 2 is 0.759 bits per heavy atom. The minimum absolute atomic E-state index is 0.0364. The third-order valence-corrected chi connectivity index (χ3v) is 14.5. The summed E-state index contributed by atoms with van der Waals surface area (Å²) in [7, 11) is 0. The average molecular weight is 1350 g/mol. The lowest BCUT2D eigenvalue weighted by atomic mass is 10.1. The molecule has 1 aromatic rings. The Morgan fingerprint density at radius 1 is 0.379 bits per heavy atom. The summed E-state index contributed by atoms with van der Waals surface area (Å²) < 4.78 is 1.10. The largest absolute Gasteiger partial charge is 0.481 e. The van der Waals surface area contributed by atoms with E-state index in [1.807, 2.05) is 29.6 Å². The SMILES string of the molecule is O=C(O)CCC(NC(=O)NC(CCCCNC(=O)CCCCCNC(=O)CCC(NC(=O)CN1CCN(CC(=O)O)CCN(CC(=O)O)CCN(CC(=O)O)CC1)C(=O)NC(CCCCNC(=O)CCCc1ccc(I)cc1)C(=O)O)C(=O)O)C(=O)O. The van der Waals surface area contributed by atoms with Gasteiger partial charge in [0.2, 0.25) is 29.5 Å². The molecule has 4 atom stereocenters. The number of nitrogens with zero attached hydrogens (tertiary/aromatic N) is 4. The summed E-state index contributed by atoms with van der Waals surface area (Å²) in [6, 6.07) is 1.10. The van der Waals surface area contributed by atoms with Gasteiger partial charge in [0, 0.05) is 101 Å². The minimum Gasteiger partial charge on any atom is -0.481 e. The molecule has 14 N–H and O–H groups in total. The molecule has 1 aromatic carbocycles. The molecule has 0 radical (unpaired) electrons. The highest BCUT2D eigenvalue weighted by atomic mass is 127. The van der Waals surface area contributed by atoms with Crippen molar-refractivity contribution in [2.75, 3.05) is 98.2 Å². The van der Waals surface area contributed by atoms with Gasteiger partial charge in [0.25, 0.3) is 0 Å². The van der Waals surface area contributed by atoms with Crippen LogP contribution in [0.15, 0.2) is 24.3 Å². The number of halogens is 1. The Labute approximate surface area is 517 Å². The number of unbranched alkanes of at least 4 members (excludes halogenated alkanes) is 4. The molecule has 0 aromatic heterocycles. The molecule has 1 aliphatic rings. The predicted octanol–water partition coefficient (Wildman–Crippen LogP) is -0.756. The summed E-state index contributed by atoms with van der Waals surface area (Å²) in [6.07, 6.45) is 2.85. The molecule has 0 saturated carbocycles. The van der Waals surface area contributed by atoms with Crippen LogP contribution in [0, 0.1) is 3.57 Å².